The van der Waals surface area contributed by atoms with Gasteiger partial charge >= 0.3 is 0 Å². The first-order chi connectivity index (χ1) is 8.69. The fourth-order valence-corrected chi connectivity index (χ4v) is 4.20. The van der Waals surface area contributed by atoms with Crippen LogP contribution < -0.4 is 0 Å². The largest absolute Gasteiger partial charge is 0.493 e. The third-order valence-electron chi connectivity index (χ3n) is 4.88. The van der Waals surface area contributed by atoms with Gasteiger partial charge in [-0.05, 0) is 45.7 Å². The van der Waals surface area contributed by atoms with Crippen molar-refractivity contribution in [2.24, 2.45) is 5.92 Å². The van der Waals surface area contributed by atoms with Crippen LogP contribution in [0.5, 0.6) is 0 Å². The molecule has 2 heteroatoms. The van der Waals surface area contributed by atoms with Crippen molar-refractivity contribution in [2.75, 3.05) is 13.2 Å². The van der Waals surface area contributed by atoms with Gasteiger partial charge in [-0.15, -0.1) is 0 Å². The van der Waals surface area contributed by atoms with Crippen LogP contribution in [0.1, 0.15) is 33.1 Å². The highest BCUT2D eigenvalue weighted by Crippen LogP contribution is 2.49. The van der Waals surface area contributed by atoms with E-state index in [4.69, 9.17) is 4.74 Å². The number of allylic oxidation sites excluding steroid dienone is 2. The van der Waals surface area contributed by atoms with E-state index in [-0.39, 0.29) is 0 Å². The van der Waals surface area contributed by atoms with Crippen molar-refractivity contribution in [3.8, 4) is 0 Å². The molecule has 3 aliphatic heterocycles. The number of nitrogens with zero attached hydrogens (tertiary/aromatic N) is 1. The topological polar surface area (TPSA) is 12.5 Å². The van der Waals surface area contributed by atoms with Crippen LogP contribution in [0.2, 0.25) is 0 Å². The first-order valence-corrected chi connectivity index (χ1v) is 7.08. The van der Waals surface area contributed by atoms with Crippen LogP contribution in [-0.4, -0.2) is 29.6 Å². The highest BCUT2D eigenvalue weighted by Gasteiger charge is 2.53. The van der Waals surface area contributed by atoms with Crippen LogP contribution in [0.15, 0.2) is 36.1 Å². The lowest BCUT2D eigenvalue weighted by molar-refractivity contribution is 0.117. The van der Waals surface area contributed by atoms with Gasteiger partial charge < -0.3 is 4.74 Å². The molecule has 2 nitrogen and oxygen atoms in total. The van der Waals surface area contributed by atoms with Gasteiger partial charge in [0.1, 0.15) is 5.76 Å². The molecule has 98 valence electrons. The van der Waals surface area contributed by atoms with Gasteiger partial charge in [-0.25, -0.2) is 0 Å². The molecule has 0 aromatic heterocycles. The van der Waals surface area contributed by atoms with Gasteiger partial charge in [0, 0.05) is 23.1 Å². The van der Waals surface area contributed by atoms with E-state index in [1.807, 2.05) is 6.08 Å². The number of fused-ring (bicyclic) bond motifs is 3. The third-order valence-corrected chi connectivity index (χ3v) is 4.88. The zero-order valence-electron chi connectivity index (χ0n) is 11.5. The Balaban J connectivity index is 2.02. The normalized spacial score (nSPS) is 39.9. The maximum absolute atomic E-state index is 5.90. The van der Waals surface area contributed by atoms with Gasteiger partial charge in [0.25, 0.3) is 0 Å². The maximum atomic E-state index is 5.90. The molecule has 2 fully saturated rings. The molecule has 0 radical (unpaired) electrons. The Kier molecular flexibility index (Phi) is 2.86. The van der Waals surface area contributed by atoms with E-state index < -0.39 is 0 Å². The van der Waals surface area contributed by atoms with Crippen LogP contribution in [0.25, 0.3) is 0 Å². The smallest absolute Gasteiger partial charge is 0.123 e. The van der Waals surface area contributed by atoms with Crippen LogP contribution >= 0.6 is 0 Å². The molecule has 0 spiro atoms. The number of hydrogen-bond acceptors (Lipinski definition) is 2. The lowest BCUT2D eigenvalue weighted by atomic mass is 9.87. The number of ether oxygens (including phenoxy) is 1. The lowest BCUT2D eigenvalue weighted by Crippen LogP contribution is -2.43. The SMILES string of the molecule is C=CC1=C(/C=C\C)C2C(CO1)CC1(C)CCCN21. The molecule has 0 N–H and O–H groups in total. The summed E-state index contributed by atoms with van der Waals surface area (Å²) in [7, 11) is 0. The van der Waals surface area contributed by atoms with Gasteiger partial charge in [0.15, 0.2) is 0 Å². The predicted octanol–water partition coefficient (Wildman–Crippen LogP) is 3.28. The molecular formula is C16H23NO. The molecule has 0 aromatic rings. The zero-order valence-corrected chi connectivity index (χ0v) is 11.5. The molecule has 3 atom stereocenters. The average molecular weight is 245 g/mol. The predicted molar refractivity (Wildman–Crippen MR) is 74.2 cm³/mol. The zero-order chi connectivity index (χ0) is 12.8. The lowest BCUT2D eigenvalue weighted by Gasteiger charge is -2.35. The van der Waals surface area contributed by atoms with Crippen LogP contribution in [0.3, 0.4) is 0 Å². The van der Waals surface area contributed by atoms with Gasteiger partial charge in [0.2, 0.25) is 0 Å². The van der Waals surface area contributed by atoms with Crippen LogP contribution in [0.4, 0.5) is 0 Å². The second-order valence-electron chi connectivity index (χ2n) is 6.04. The Morgan fingerprint density at radius 3 is 3.06 bits per heavy atom. The van der Waals surface area contributed by atoms with Gasteiger partial charge in [-0.1, -0.05) is 18.7 Å². The third kappa shape index (κ3) is 1.58. The summed E-state index contributed by atoms with van der Waals surface area (Å²) in [6.07, 6.45) is 10.2. The van der Waals surface area contributed by atoms with E-state index in [2.05, 4.69) is 37.5 Å². The summed E-state index contributed by atoms with van der Waals surface area (Å²) >= 11 is 0. The Hall–Kier alpha value is -1.02. The number of rotatable bonds is 2. The minimum Gasteiger partial charge on any atom is -0.493 e. The van der Waals surface area contributed by atoms with Crippen molar-refractivity contribution in [2.45, 2.75) is 44.7 Å². The van der Waals surface area contributed by atoms with E-state index in [9.17, 15) is 0 Å². The molecule has 3 heterocycles. The summed E-state index contributed by atoms with van der Waals surface area (Å²) in [4.78, 5) is 2.72. The standard InChI is InChI=1S/C16H23NO/c1-4-7-13-14(5-2)18-11-12-10-16(3)8-6-9-17(16)15(12)13/h4-5,7,12,15H,2,6,8-11H2,1,3H3/b7-4-. The summed E-state index contributed by atoms with van der Waals surface area (Å²) in [5.74, 6) is 1.65. The molecule has 0 aliphatic carbocycles. The summed E-state index contributed by atoms with van der Waals surface area (Å²) in [6, 6.07) is 0.551. The second kappa shape index (κ2) is 4.27. The molecule has 0 saturated carbocycles. The molecule has 3 unspecified atom stereocenters. The van der Waals surface area contributed by atoms with Crippen LogP contribution in [0, 0.1) is 5.92 Å². The fraction of sp³-hybridized carbons (Fsp3) is 0.625. The Labute approximate surface area is 110 Å². The molecule has 0 aromatic carbocycles. The maximum Gasteiger partial charge on any atom is 0.123 e. The van der Waals surface area contributed by atoms with E-state index in [0.717, 1.165) is 12.4 Å². The summed E-state index contributed by atoms with van der Waals surface area (Å²) < 4.78 is 5.90. The monoisotopic (exact) mass is 245 g/mol. The second-order valence-corrected chi connectivity index (χ2v) is 6.04. The van der Waals surface area contributed by atoms with Crippen molar-refractivity contribution in [3.63, 3.8) is 0 Å². The average Bonchev–Trinajstić information content (AvgIpc) is 2.83. The highest BCUT2D eigenvalue weighted by atomic mass is 16.5. The van der Waals surface area contributed by atoms with Gasteiger partial charge in [-0.3, -0.25) is 4.90 Å². The Morgan fingerprint density at radius 2 is 2.33 bits per heavy atom. The van der Waals surface area contributed by atoms with Crippen molar-refractivity contribution < 1.29 is 4.74 Å². The highest BCUT2D eigenvalue weighted by molar-refractivity contribution is 5.37. The van der Waals surface area contributed by atoms with Crippen LogP contribution in [-0.2, 0) is 4.74 Å². The molecule has 0 bridgehead atoms. The fourth-order valence-electron chi connectivity index (χ4n) is 4.20. The molecule has 3 aliphatic rings. The molecule has 2 saturated heterocycles. The molecule has 3 rings (SSSR count). The van der Waals surface area contributed by atoms with Gasteiger partial charge in [-0.2, -0.15) is 0 Å². The van der Waals surface area contributed by atoms with E-state index in [0.29, 0.717) is 17.5 Å². The van der Waals surface area contributed by atoms with E-state index in [1.54, 1.807) is 0 Å². The minimum atomic E-state index is 0.405. The Morgan fingerprint density at radius 1 is 1.50 bits per heavy atom. The molecule has 0 amide bonds. The quantitative estimate of drug-likeness (QED) is 0.740. The van der Waals surface area contributed by atoms with Gasteiger partial charge in [0.05, 0.1) is 6.61 Å². The first-order valence-electron chi connectivity index (χ1n) is 7.08. The summed E-state index contributed by atoms with van der Waals surface area (Å²) in [5.41, 5.74) is 1.75. The minimum absolute atomic E-state index is 0.405. The van der Waals surface area contributed by atoms with Crippen molar-refractivity contribution in [1.29, 1.82) is 0 Å². The molecular weight excluding hydrogens is 222 g/mol. The van der Waals surface area contributed by atoms with Crippen molar-refractivity contribution in [3.05, 3.63) is 36.1 Å². The summed E-state index contributed by atoms with van der Waals surface area (Å²) in [6.45, 7) is 10.5. The molecule has 18 heavy (non-hydrogen) atoms. The summed E-state index contributed by atoms with van der Waals surface area (Å²) in [5, 5.41) is 0. The van der Waals surface area contributed by atoms with E-state index in [1.165, 1.54) is 31.4 Å². The number of hydrogen-bond donors (Lipinski definition) is 0. The van der Waals surface area contributed by atoms with Crippen molar-refractivity contribution >= 4 is 0 Å². The Bertz CT molecular complexity index is 423. The van der Waals surface area contributed by atoms with Crippen molar-refractivity contribution in [1.82, 2.24) is 4.90 Å². The van der Waals surface area contributed by atoms with E-state index >= 15 is 0 Å². The first kappa shape index (κ1) is 12.0.